The third kappa shape index (κ3) is 4.10. The second-order valence-corrected chi connectivity index (χ2v) is 5.81. The zero-order chi connectivity index (χ0) is 17.6. The van der Waals surface area contributed by atoms with Crippen molar-refractivity contribution in [3.63, 3.8) is 0 Å². The minimum absolute atomic E-state index is 0.126. The Hall–Kier alpha value is -3.00. The molecule has 128 valence electrons. The van der Waals surface area contributed by atoms with E-state index >= 15 is 0 Å². The summed E-state index contributed by atoms with van der Waals surface area (Å²) < 4.78 is 10.5. The molecule has 0 saturated heterocycles. The van der Waals surface area contributed by atoms with Crippen molar-refractivity contribution in [3.05, 3.63) is 64.0 Å². The first-order chi connectivity index (χ1) is 12.2. The van der Waals surface area contributed by atoms with Gasteiger partial charge in [-0.2, -0.15) is 11.3 Å². The monoisotopic (exact) mass is 357 g/mol. The summed E-state index contributed by atoms with van der Waals surface area (Å²) in [7, 11) is 0. The lowest BCUT2D eigenvalue weighted by atomic mass is 10.1. The molecule has 0 atom stereocenters. The number of anilines is 1. The van der Waals surface area contributed by atoms with Crippen LogP contribution in [-0.2, 0) is 17.8 Å². The molecule has 1 N–H and O–H groups in total. The third-order valence-electron chi connectivity index (χ3n) is 3.32. The number of nitrogens with zero attached hydrogens (tertiary/aromatic N) is 2. The van der Waals surface area contributed by atoms with E-state index in [2.05, 4.69) is 15.5 Å². The normalized spacial score (nSPS) is 10.4. The third-order valence-corrected chi connectivity index (χ3v) is 4.00. The van der Waals surface area contributed by atoms with Gasteiger partial charge in [-0.1, -0.05) is 19.1 Å². The Morgan fingerprint density at radius 1 is 1.20 bits per heavy atom. The molecule has 0 fully saturated rings. The van der Waals surface area contributed by atoms with Gasteiger partial charge in [0.05, 0.1) is 16.8 Å². The van der Waals surface area contributed by atoms with Gasteiger partial charge < -0.3 is 14.5 Å². The van der Waals surface area contributed by atoms with Gasteiger partial charge in [0.25, 0.3) is 11.8 Å². The van der Waals surface area contributed by atoms with Gasteiger partial charge in [-0.3, -0.25) is 4.79 Å². The largest absolute Gasteiger partial charge is 0.452 e. The maximum Gasteiger partial charge on any atom is 0.340 e. The first kappa shape index (κ1) is 16.8. The standard InChI is InChI=1S/C17H15N3O4S/c1-2-14-19-20-15(24-14)9-23-17(22)12-5-3-4-6-13(12)18-16(21)11-7-8-25-10-11/h3-8,10H,2,9H2,1H3,(H,18,21). The fourth-order valence-corrected chi connectivity index (χ4v) is 2.69. The van der Waals surface area contributed by atoms with Crippen molar-refractivity contribution in [3.8, 4) is 0 Å². The van der Waals surface area contributed by atoms with Crippen molar-refractivity contribution in [1.29, 1.82) is 0 Å². The van der Waals surface area contributed by atoms with Crippen LogP contribution < -0.4 is 5.32 Å². The molecule has 0 aliphatic carbocycles. The van der Waals surface area contributed by atoms with E-state index in [9.17, 15) is 9.59 Å². The number of esters is 1. The van der Waals surface area contributed by atoms with Gasteiger partial charge in [-0.15, -0.1) is 10.2 Å². The average molecular weight is 357 g/mol. The Morgan fingerprint density at radius 3 is 2.72 bits per heavy atom. The number of carbonyl (C=O) groups is 2. The number of nitrogens with one attached hydrogen (secondary N) is 1. The molecule has 0 spiro atoms. The molecular weight excluding hydrogens is 342 g/mol. The van der Waals surface area contributed by atoms with Crippen molar-refractivity contribution < 1.29 is 18.7 Å². The van der Waals surface area contributed by atoms with E-state index in [1.807, 2.05) is 12.3 Å². The van der Waals surface area contributed by atoms with Crippen LogP contribution in [0.2, 0.25) is 0 Å². The molecule has 3 aromatic rings. The van der Waals surface area contributed by atoms with Crippen molar-refractivity contribution in [2.45, 2.75) is 20.0 Å². The Morgan fingerprint density at radius 2 is 2.00 bits per heavy atom. The highest BCUT2D eigenvalue weighted by molar-refractivity contribution is 7.08. The van der Waals surface area contributed by atoms with E-state index < -0.39 is 5.97 Å². The molecule has 7 nitrogen and oxygen atoms in total. The van der Waals surface area contributed by atoms with Crippen molar-refractivity contribution >= 4 is 28.9 Å². The number of para-hydroxylation sites is 1. The van der Waals surface area contributed by atoms with Crippen LogP contribution >= 0.6 is 11.3 Å². The lowest BCUT2D eigenvalue weighted by molar-refractivity contribution is 0.0438. The summed E-state index contributed by atoms with van der Waals surface area (Å²) in [5.41, 5.74) is 1.16. The number of hydrogen-bond donors (Lipinski definition) is 1. The molecule has 0 unspecified atom stereocenters. The Kier molecular flexibility index (Phi) is 5.20. The van der Waals surface area contributed by atoms with Crippen LogP contribution in [0.15, 0.2) is 45.5 Å². The van der Waals surface area contributed by atoms with Gasteiger partial charge in [-0.25, -0.2) is 4.79 Å². The Balaban J connectivity index is 1.69. The molecule has 0 saturated carbocycles. The number of thiophene rings is 1. The smallest absolute Gasteiger partial charge is 0.340 e. The summed E-state index contributed by atoms with van der Waals surface area (Å²) in [6.07, 6.45) is 0.610. The predicted molar refractivity (Wildman–Crippen MR) is 91.5 cm³/mol. The van der Waals surface area contributed by atoms with Crippen LogP contribution in [0.4, 0.5) is 5.69 Å². The number of carbonyl (C=O) groups excluding carboxylic acids is 2. The molecule has 8 heteroatoms. The molecule has 25 heavy (non-hydrogen) atoms. The molecule has 0 radical (unpaired) electrons. The SMILES string of the molecule is CCc1nnc(COC(=O)c2ccccc2NC(=O)c2ccsc2)o1. The van der Waals surface area contributed by atoms with Gasteiger partial charge in [0, 0.05) is 11.8 Å². The molecule has 2 aromatic heterocycles. The lowest BCUT2D eigenvalue weighted by Gasteiger charge is -2.09. The van der Waals surface area contributed by atoms with Crippen LogP contribution in [0.1, 0.15) is 39.4 Å². The summed E-state index contributed by atoms with van der Waals surface area (Å²) >= 11 is 1.42. The highest BCUT2D eigenvalue weighted by Crippen LogP contribution is 2.18. The maximum absolute atomic E-state index is 12.3. The highest BCUT2D eigenvalue weighted by atomic mass is 32.1. The number of amides is 1. The number of ether oxygens (including phenoxy) is 1. The number of hydrogen-bond acceptors (Lipinski definition) is 7. The van der Waals surface area contributed by atoms with Gasteiger partial charge in [0.15, 0.2) is 6.61 Å². The zero-order valence-electron chi connectivity index (χ0n) is 13.4. The fraction of sp³-hybridized carbons (Fsp3) is 0.176. The van der Waals surface area contributed by atoms with Crippen molar-refractivity contribution in [2.75, 3.05) is 5.32 Å². The second kappa shape index (κ2) is 7.71. The average Bonchev–Trinajstić information content (AvgIpc) is 3.31. The van der Waals surface area contributed by atoms with Crippen LogP contribution in [0.3, 0.4) is 0 Å². The van der Waals surface area contributed by atoms with E-state index in [0.29, 0.717) is 23.6 Å². The van der Waals surface area contributed by atoms with Crippen LogP contribution in [0, 0.1) is 0 Å². The summed E-state index contributed by atoms with van der Waals surface area (Å²) in [6.45, 7) is 1.76. The van der Waals surface area contributed by atoms with Gasteiger partial charge >= 0.3 is 5.97 Å². The van der Waals surface area contributed by atoms with E-state index in [1.54, 1.807) is 35.7 Å². The topological polar surface area (TPSA) is 94.3 Å². The van der Waals surface area contributed by atoms with Crippen LogP contribution in [0.5, 0.6) is 0 Å². The molecule has 1 aromatic carbocycles. The van der Waals surface area contributed by atoms with E-state index in [4.69, 9.17) is 9.15 Å². The maximum atomic E-state index is 12.3. The number of aromatic nitrogens is 2. The molecular formula is C17H15N3O4S. The molecule has 3 rings (SSSR count). The Bertz CT molecular complexity index is 874. The minimum atomic E-state index is -0.586. The number of benzene rings is 1. The van der Waals surface area contributed by atoms with Crippen LogP contribution in [0.25, 0.3) is 0 Å². The number of rotatable bonds is 6. The molecule has 1 amide bonds. The molecule has 0 bridgehead atoms. The Labute approximate surface area is 147 Å². The van der Waals surface area contributed by atoms with Crippen molar-refractivity contribution in [1.82, 2.24) is 10.2 Å². The van der Waals surface area contributed by atoms with Crippen LogP contribution in [-0.4, -0.2) is 22.1 Å². The quantitative estimate of drug-likeness (QED) is 0.680. The van der Waals surface area contributed by atoms with E-state index in [-0.39, 0.29) is 24.0 Å². The summed E-state index contributed by atoms with van der Waals surface area (Å²) in [6, 6.07) is 8.35. The first-order valence-electron chi connectivity index (χ1n) is 7.58. The van der Waals surface area contributed by atoms with E-state index in [0.717, 1.165) is 0 Å². The summed E-state index contributed by atoms with van der Waals surface area (Å²) in [5.74, 6) is -0.164. The zero-order valence-corrected chi connectivity index (χ0v) is 14.2. The molecule has 0 aliphatic rings. The summed E-state index contributed by atoms with van der Waals surface area (Å²) in [5, 5.41) is 13.9. The minimum Gasteiger partial charge on any atom is -0.452 e. The first-order valence-corrected chi connectivity index (χ1v) is 8.52. The van der Waals surface area contributed by atoms with Gasteiger partial charge in [0.2, 0.25) is 5.89 Å². The van der Waals surface area contributed by atoms with E-state index in [1.165, 1.54) is 11.3 Å². The van der Waals surface area contributed by atoms with Crippen molar-refractivity contribution in [2.24, 2.45) is 0 Å². The predicted octanol–water partition coefficient (Wildman–Crippen LogP) is 3.30. The highest BCUT2D eigenvalue weighted by Gasteiger charge is 2.16. The molecule has 2 heterocycles. The van der Waals surface area contributed by atoms with Gasteiger partial charge in [-0.05, 0) is 23.6 Å². The lowest BCUT2D eigenvalue weighted by Crippen LogP contribution is -2.15. The number of aryl methyl sites for hydroxylation is 1. The second-order valence-electron chi connectivity index (χ2n) is 5.03. The summed E-state index contributed by atoms with van der Waals surface area (Å²) in [4.78, 5) is 24.5. The molecule has 0 aliphatic heterocycles. The van der Waals surface area contributed by atoms with Gasteiger partial charge in [0.1, 0.15) is 0 Å². The fourth-order valence-electron chi connectivity index (χ4n) is 2.05.